The zero-order valence-corrected chi connectivity index (χ0v) is 17.7. The summed E-state index contributed by atoms with van der Waals surface area (Å²) in [7, 11) is 0. The number of hydrogen-bond acceptors (Lipinski definition) is 2. The van der Waals surface area contributed by atoms with E-state index in [1.54, 1.807) is 0 Å². The second kappa shape index (κ2) is 6.22. The van der Waals surface area contributed by atoms with E-state index in [0.717, 1.165) is 40.8 Å². The van der Waals surface area contributed by atoms with Crippen molar-refractivity contribution in [2.75, 3.05) is 0 Å². The van der Waals surface area contributed by atoms with Crippen molar-refractivity contribution in [2.45, 2.75) is 39.9 Å². The molecule has 2 aromatic heterocycles. The monoisotopic (exact) mass is 482 g/mol. The van der Waals surface area contributed by atoms with Crippen molar-refractivity contribution >= 4 is 61.6 Å². The van der Waals surface area contributed by atoms with E-state index < -0.39 is 0 Å². The van der Waals surface area contributed by atoms with Crippen LogP contribution in [0.3, 0.4) is 0 Å². The zero-order valence-electron chi connectivity index (χ0n) is 8.98. The third-order valence-corrected chi connectivity index (χ3v) is 108. The van der Waals surface area contributed by atoms with Crippen LogP contribution in [0.2, 0.25) is 0 Å². The van der Waals surface area contributed by atoms with Crippen molar-refractivity contribution in [3.8, 4) is 0 Å². The van der Waals surface area contributed by atoms with Gasteiger partial charge in [-0.3, -0.25) is 0 Å². The first-order valence-corrected chi connectivity index (χ1v) is 24.6. The van der Waals surface area contributed by atoms with Crippen molar-refractivity contribution in [3.63, 3.8) is 0 Å². The van der Waals surface area contributed by atoms with Crippen molar-refractivity contribution in [1.82, 2.24) is 0 Å². The van der Waals surface area contributed by atoms with Crippen LogP contribution in [0.5, 0.6) is 0 Å². The fourth-order valence-electron chi connectivity index (χ4n) is 0.864. The van der Waals surface area contributed by atoms with E-state index in [2.05, 4.69) is 27.7 Å². The van der Waals surface area contributed by atoms with Gasteiger partial charge in [-0.15, -0.1) is 0 Å². The molecule has 0 aliphatic heterocycles. The van der Waals surface area contributed by atoms with Crippen LogP contribution in [0.4, 0.5) is 0 Å². The van der Waals surface area contributed by atoms with Crippen LogP contribution in [0.25, 0.3) is 0 Å². The van der Waals surface area contributed by atoms with Gasteiger partial charge in [-0.05, 0) is 0 Å². The summed E-state index contributed by atoms with van der Waals surface area (Å²) in [5.41, 5.74) is 0. The van der Waals surface area contributed by atoms with Crippen LogP contribution in [0.15, 0.2) is 0 Å². The molecular weight excluding hydrogens is 465 g/mol. The van der Waals surface area contributed by atoms with Crippen LogP contribution < -0.4 is 9.05 Å². The number of rotatable bonds is 4. The van der Waals surface area contributed by atoms with Crippen LogP contribution in [0, 0.1) is 0 Å². The fourth-order valence-corrected chi connectivity index (χ4v) is 219. The molecule has 2 bridgehead atoms. The molecule has 0 fully saturated rings. The van der Waals surface area contributed by atoms with Gasteiger partial charge in [0.15, 0.2) is 0 Å². The Balaban J connectivity index is 2.21. The van der Waals surface area contributed by atoms with Gasteiger partial charge in [0.25, 0.3) is 0 Å². The average molecular weight is 479 g/mol. The molecule has 9 heteroatoms. The molecule has 0 aliphatic carbocycles. The summed E-state index contributed by atoms with van der Waals surface area (Å²) in [5.74, 6) is 0. The summed E-state index contributed by atoms with van der Waals surface area (Å²) >= 11 is 2.76. The minimum atomic E-state index is 0.0979. The standard InChI is InChI=1S/C6H14O2P4Se3/c1-5(2)7-9-11-14-10(8-6(3)4)12(13-9)15-11/h5-6H,1-4H3. The summed E-state index contributed by atoms with van der Waals surface area (Å²) in [6.07, 6.45) is 1.14. The molecule has 0 aromatic carbocycles. The van der Waals surface area contributed by atoms with Gasteiger partial charge in [-0.1, -0.05) is 0 Å². The van der Waals surface area contributed by atoms with Crippen LogP contribution in [-0.2, 0) is 0 Å². The molecule has 0 aliphatic rings. The molecule has 0 saturated heterocycles. The molecule has 88 valence electrons. The molecule has 0 saturated carbocycles. The molecule has 0 spiro atoms. The Morgan fingerprint density at radius 1 is 0.733 bits per heavy atom. The van der Waals surface area contributed by atoms with E-state index >= 15 is 0 Å². The molecule has 15 heavy (non-hydrogen) atoms. The van der Waals surface area contributed by atoms with Crippen molar-refractivity contribution < 1.29 is 9.05 Å². The third-order valence-electron chi connectivity index (χ3n) is 1.29. The second-order valence-electron chi connectivity index (χ2n) is 3.50. The number of hydrogen-bond donors (Lipinski definition) is 0. The quantitative estimate of drug-likeness (QED) is 0.627. The van der Waals surface area contributed by atoms with E-state index in [4.69, 9.17) is 9.05 Å². The Bertz CT molecular complexity index is 406. The second-order valence-corrected chi connectivity index (χ2v) is 53.0. The summed E-state index contributed by atoms with van der Waals surface area (Å²) in [6.45, 7) is 8.78. The summed E-state index contributed by atoms with van der Waals surface area (Å²) in [6, 6.07) is 0. The van der Waals surface area contributed by atoms with Crippen molar-refractivity contribution in [2.24, 2.45) is 0 Å². The molecule has 0 N–H and O–H groups in total. The van der Waals surface area contributed by atoms with E-state index in [1.807, 2.05) is 0 Å². The van der Waals surface area contributed by atoms with Crippen LogP contribution in [-0.4, -0.2) is 53.0 Å². The Morgan fingerprint density at radius 2 is 1.13 bits per heavy atom. The maximum absolute atomic E-state index is 6.12. The van der Waals surface area contributed by atoms with Gasteiger partial charge < -0.3 is 0 Å². The van der Waals surface area contributed by atoms with Gasteiger partial charge >= 0.3 is 111 Å². The van der Waals surface area contributed by atoms with E-state index in [1.165, 1.54) is 0 Å². The molecule has 0 amide bonds. The molecule has 2 nitrogen and oxygen atoms in total. The molecule has 4 atom stereocenters. The molecule has 2 heterocycles. The van der Waals surface area contributed by atoms with Gasteiger partial charge in [0.1, 0.15) is 0 Å². The van der Waals surface area contributed by atoms with E-state index in [9.17, 15) is 0 Å². The first kappa shape index (κ1) is 14.1. The molecular formula is C6H14O2P4Se3. The Kier molecular flexibility index (Phi) is 5.84. The molecule has 0 radical (unpaired) electrons. The SMILES string of the molecule is CC(C)Op1[se]p2[se]p1[se]p2OC(C)C. The van der Waals surface area contributed by atoms with Crippen molar-refractivity contribution in [1.29, 1.82) is 0 Å². The first-order chi connectivity index (χ1) is 7.06. The normalized spacial score (nSPS) is 17.2. The Labute approximate surface area is 110 Å². The van der Waals surface area contributed by atoms with E-state index in [0.29, 0.717) is 20.9 Å². The Hall–Kier alpha value is 2.68. The molecule has 2 rings (SSSR count). The van der Waals surface area contributed by atoms with Gasteiger partial charge in [-0.2, -0.15) is 0 Å². The van der Waals surface area contributed by atoms with Gasteiger partial charge in [0, 0.05) is 0 Å². The van der Waals surface area contributed by atoms with Gasteiger partial charge in [0.05, 0.1) is 0 Å². The minimum absolute atomic E-state index is 0.0979. The predicted molar refractivity (Wildman–Crippen MR) is 77.6 cm³/mol. The van der Waals surface area contributed by atoms with E-state index in [-0.39, 0.29) is 12.2 Å². The van der Waals surface area contributed by atoms with Gasteiger partial charge in [0.2, 0.25) is 0 Å². The molecule has 4 unspecified atom stereocenters. The van der Waals surface area contributed by atoms with Crippen molar-refractivity contribution in [3.05, 3.63) is 0 Å². The molecule has 2 aromatic rings. The summed E-state index contributed by atoms with van der Waals surface area (Å²) in [5, 5.41) is 0. The first-order valence-electron chi connectivity index (χ1n) is 4.64. The topological polar surface area (TPSA) is 18.5 Å². The third kappa shape index (κ3) is 3.82. The number of fused-ring (bicyclic) bond motifs is 2. The fraction of sp³-hybridized carbons (Fsp3) is 1.00. The summed E-state index contributed by atoms with van der Waals surface area (Å²) < 4.78 is 13.0. The van der Waals surface area contributed by atoms with Gasteiger partial charge in [-0.25, -0.2) is 0 Å². The Morgan fingerprint density at radius 3 is 1.40 bits per heavy atom. The van der Waals surface area contributed by atoms with Crippen LogP contribution >= 0.6 is 20.9 Å². The predicted octanol–water partition coefficient (Wildman–Crippen LogP) is 3.35. The summed E-state index contributed by atoms with van der Waals surface area (Å²) in [4.78, 5) is 0. The maximum atomic E-state index is 6.12. The average Bonchev–Trinajstić information content (AvgIpc) is 2.60. The zero-order chi connectivity index (χ0) is 11.0. The van der Waals surface area contributed by atoms with Crippen LogP contribution in [0.1, 0.15) is 27.7 Å².